The van der Waals surface area contributed by atoms with Gasteiger partial charge >= 0.3 is 0 Å². The molecule has 1 aliphatic rings. The zero-order valence-corrected chi connectivity index (χ0v) is 10.6. The molecule has 88 valence electrons. The fourth-order valence-electron chi connectivity index (χ4n) is 2.66. The SMILES string of the molecule is Cc1ccc(CCC2CCCNC2)c(C)c1. The molecule has 1 heteroatoms. The van der Waals surface area contributed by atoms with Crippen LogP contribution in [0.4, 0.5) is 0 Å². The van der Waals surface area contributed by atoms with Crippen LogP contribution in [0.3, 0.4) is 0 Å². The third-order valence-corrected chi connectivity index (χ3v) is 3.72. The molecule has 1 aromatic carbocycles. The van der Waals surface area contributed by atoms with Crippen LogP contribution in [0, 0.1) is 19.8 Å². The maximum Gasteiger partial charge on any atom is -0.00204 e. The minimum atomic E-state index is 0.898. The van der Waals surface area contributed by atoms with Crippen molar-refractivity contribution < 1.29 is 0 Å². The fraction of sp³-hybridized carbons (Fsp3) is 0.600. The van der Waals surface area contributed by atoms with Crippen LogP contribution >= 0.6 is 0 Å². The molecule has 0 bridgehead atoms. The lowest BCUT2D eigenvalue weighted by Gasteiger charge is -2.22. The van der Waals surface area contributed by atoms with Gasteiger partial charge in [0.2, 0.25) is 0 Å². The van der Waals surface area contributed by atoms with Gasteiger partial charge in [-0.2, -0.15) is 0 Å². The quantitative estimate of drug-likeness (QED) is 0.819. The standard InChI is InChI=1S/C15H23N/c1-12-5-7-15(13(2)10-12)8-6-14-4-3-9-16-11-14/h5,7,10,14,16H,3-4,6,8-9,11H2,1-2H3. The highest BCUT2D eigenvalue weighted by Crippen LogP contribution is 2.19. The second-order valence-corrected chi connectivity index (χ2v) is 5.18. The summed E-state index contributed by atoms with van der Waals surface area (Å²) in [5, 5.41) is 3.49. The minimum absolute atomic E-state index is 0.898. The third-order valence-electron chi connectivity index (χ3n) is 3.72. The molecule has 16 heavy (non-hydrogen) atoms. The molecule has 1 N–H and O–H groups in total. The molecule has 1 fully saturated rings. The highest BCUT2D eigenvalue weighted by Gasteiger charge is 2.12. The van der Waals surface area contributed by atoms with Crippen molar-refractivity contribution in [1.82, 2.24) is 5.32 Å². The van der Waals surface area contributed by atoms with Gasteiger partial charge in [0.15, 0.2) is 0 Å². The number of piperidine rings is 1. The molecule has 0 saturated carbocycles. The van der Waals surface area contributed by atoms with E-state index in [1.165, 1.54) is 55.5 Å². The molecule has 1 nitrogen and oxygen atoms in total. The van der Waals surface area contributed by atoms with E-state index in [0.717, 1.165) is 5.92 Å². The number of benzene rings is 1. The Labute approximate surface area is 99.3 Å². The zero-order chi connectivity index (χ0) is 11.4. The summed E-state index contributed by atoms with van der Waals surface area (Å²) < 4.78 is 0. The molecule has 0 spiro atoms. The van der Waals surface area contributed by atoms with Crippen LogP contribution in [-0.2, 0) is 6.42 Å². The number of aryl methyl sites for hydroxylation is 3. The van der Waals surface area contributed by atoms with Crippen LogP contribution < -0.4 is 5.32 Å². The Kier molecular flexibility index (Phi) is 4.00. The molecule has 1 aromatic rings. The van der Waals surface area contributed by atoms with Gasteiger partial charge in [-0.15, -0.1) is 0 Å². The van der Waals surface area contributed by atoms with Crippen molar-refractivity contribution in [3.8, 4) is 0 Å². The van der Waals surface area contributed by atoms with Crippen molar-refractivity contribution in [2.45, 2.75) is 39.5 Å². The van der Waals surface area contributed by atoms with Gasteiger partial charge in [-0.3, -0.25) is 0 Å². The van der Waals surface area contributed by atoms with Crippen LogP contribution in [0.2, 0.25) is 0 Å². The second-order valence-electron chi connectivity index (χ2n) is 5.18. The average Bonchev–Trinajstić information content (AvgIpc) is 2.29. The maximum absolute atomic E-state index is 3.49. The lowest BCUT2D eigenvalue weighted by molar-refractivity contribution is 0.358. The molecule has 0 aromatic heterocycles. The number of nitrogens with one attached hydrogen (secondary N) is 1. The van der Waals surface area contributed by atoms with Crippen LogP contribution in [0.15, 0.2) is 18.2 Å². The Morgan fingerprint density at radius 2 is 2.19 bits per heavy atom. The molecule has 1 aliphatic heterocycles. The largest absolute Gasteiger partial charge is 0.316 e. The smallest absolute Gasteiger partial charge is 0.00204 e. The first kappa shape index (κ1) is 11.7. The van der Waals surface area contributed by atoms with Crippen molar-refractivity contribution in [1.29, 1.82) is 0 Å². The molecular weight excluding hydrogens is 194 g/mol. The summed E-state index contributed by atoms with van der Waals surface area (Å²) in [6, 6.07) is 6.84. The van der Waals surface area contributed by atoms with Crippen molar-refractivity contribution in [3.05, 3.63) is 34.9 Å². The fourth-order valence-corrected chi connectivity index (χ4v) is 2.66. The van der Waals surface area contributed by atoms with Crippen LogP contribution in [0.5, 0.6) is 0 Å². The van der Waals surface area contributed by atoms with Gasteiger partial charge in [-0.25, -0.2) is 0 Å². The minimum Gasteiger partial charge on any atom is -0.316 e. The molecular formula is C15H23N. The summed E-state index contributed by atoms with van der Waals surface area (Å²) in [7, 11) is 0. The van der Waals surface area contributed by atoms with Crippen molar-refractivity contribution in [3.63, 3.8) is 0 Å². The van der Waals surface area contributed by atoms with Gasteiger partial charge in [-0.1, -0.05) is 23.8 Å². The van der Waals surface area contributed by atoms with E-state index in [4.69, 9.17) is 0 Å². The predicted molar refractivity (Wildman–Crippen MR) is 69.8 cm³/mol. The number of rotatable bonds is 3. The first-order chi connectivity index (χ1) is 7.75. The topological polar surface area (TPSA) is 12.0 Å². The van der Waals surface area contributed by atoms with E-state index in [1.807, 2.05) is 0 Å². The van der Waals surface area contributed by atoms with E-state index in [1.54, 1.807) is 0 Å². The summed E-state index contributed by atoms with van der Waals surface area (Å²) in [6.07, 6.45) is 5.37. The van der Waals surface area contributed by atoms with Gasteiger partial charge in [0.05, 0.1) is 0 Å². The monoisotopic (exact) mass is 217 g/mol. The summed E-state index contributed by atoms with van der Waals surface area (Å²) in [6.45, 7) is 6.86. The van der Waals surface area contributed by atoms with E-state index < -0.39 is 0 Å². The van der Waals surface area contributed by atoms with E-state index in [0.29, 0.717) is 0 Å². The molecule has 1 atom stereocenters. The lowest BCUT2D eigenvalue weighted by atomic mass is 9.91. The van der Waals surface area contributed by atoms with E-state index in [9.17, 15) is 0 Å². The molecule has 0 radical (unpaired) electrons. The summed E-state index contributed by atoms with van der Waals surface area (Å²) in [5.41, 5.74) is 4.38. The van der Waals surface area contributed by atoms with Crippen molar-refractivity contribution in [2.24, 2.45) is 5.92 Å². The van der Waals surface area contributed by atoms with Gasteiger partial charge in [-0.05, 0) is 69.7 Å². The number of hydrogen-bond acceptors (Lipinski definition) is 1. The predicted octanol–water partition coefficient (Wildman–Crippen LogP) is 3.24. The Bertz CT molecular complexity index is 337. The van der Waals surface area contributed by atoms with Crippen LogP contribution in [0.1, 0.15) is 36.0 Å². The zero-order valence-electron chi connectivity index (χ0n) is 10.6. The Balaban J connectivity index is 1.88. The van der Waals surface area contributed by atoms with Gasteiger partial charge in [0.1, 0.15) is 0 Å². The first-order valence-corrected chi connectivity index (χ1v) is 6.52. The van der Waals surface area contributed by atoms with Crippen molar-refractivity contribution in [2.75, 3.05) is 13.1 Å². The highest BCUT2D eigenvalue weighted by molar-refractivity contribution is 5.30. The highest BCUT2D eigenvalue weighted by atomic mass is 14.9. The Morgan fingerprint density at radius 1 is 1.31 bits per heavy atom. The molecule has 1 heterocycles. The summed E-state index contributed by atoms with van der Waals surface area (Å²) in [5.74, 6) is 0.898. The lowest BCUT2D eigenvalue weighted by Crippen LogP contribution is -2.29. The van der Waals surface area contributed by atoms with Crippen molar-refractivity contribution >= 4 is 0 Å². The molecule has 0 aliphatic carbocycles. The molecule has 0 amide bonds. The molecule has 2 rings (SSSR count). The average molecular weight is 217 g/mol. The Morgan fingerprint density at radius 3 is 2.88 bits per heavy atom. The summed E-state index contributed by atoms with van der Waals surface area (Å²) >= 11 is 0. The Hall–Kier alpha value is -0.820. The van der Waals surface area contributed by atoms with Crippen LogP contribution in [0.25, 0.3) is 0 Å². The third kappa shape index (κ3) is 3.08. The normalized spacial score (nSPS) is 21.0. The second kappa shape index (κ2) is 5.49. The molecule has 1 unspecified atom stereocenters. The molecule has 1 saturated heterocycles. The summed E-state index contributed by atoms with van der Waals surface area (Å²) in [4.78, 5) is 0. The first-order valence-electron chi connectivity index (χ1n) is 6.52. The number of hydrogen-bond donors (Lipinski definition) is 1. The van der Waals surface area contributed by atoms with E-state index in [2.05, 4.69) is 37.4 Å². The van der Waals surface area contributed by atoms with E-state index >= 15 is 0 Å². The van der Waals surface area contributed by atoms with Gasteiger partial charge < -0.3 is 5.32 Å². The van der Waals surface area contributed by atoms with Gasteiger partial charge in [0.25, 0.3) is 0 Å². The van der Waals surface area contributed by atoms with Gasteiger partial charge in [0, 0.05) is 0 Å². The van der Waals surface area contributed by atoms with Crippen LogP contribution in [-0.4, -0.2) is 13.1 Å². The maximum atomic E-state index is 3.49. The van der Waals surface area contributed by atoms with E-state index in [-0.39, 0.29) is 0 Å².